The van der Waals surface area contributed by atoms with Crippen molar-refractivity contribution in [2.24, 2.45) is 17.6 Å². The smallest absolute Gasteiger partial charge is 0.0485 e. The van der Waals surface area contributed by atoms with E-state index in [-0.39, 0.29) is 6.04 Å². The Bertz CT molecular complexity index is 456. The van der Waals surface area contributed by atoms with Crippen LogP contribution >= 0.6 is 23.2 Å². The molecule has 4 heteroatoms. The fraction of sp³-hybridized carbons (Fsp3) is 0.625. The van der Waals surface area contributed by atoms with Gasteiger partial charge in [-0.3, -0.25) is 4.90 Å². The molecule has 0 aliphatic heterocycles. The Hall–Kier alpha value is -0.280. The van der Waals surface area contributed by atoms with E-state index in [1.54, 1.807) is 0 Å². The quantitative estimate of drug-likeness (QED) is 0.820. The molecule has 2 nitrogen and oxygen atoms in total. The van der Waals surface area contributed by atoms with Crippen LogP contribution < -0.4 is 5.73 Å². The van der Waals surface area contributed by atoms with E-state index in [0.717, 1.165) is 35.5 Å². The maximum absolute atomic E-state index is 6.38. The summed E-state index contributed by atoms with van der Waals surface area (Å²) in [7, 11) is 0. The van der Waals surface area contributed by atoms with Crippen LogP contribution in [0.15, 0.2) is 18.2 Å². The molecule has 110 valence electrons. The monoisotopic (exact) mass is 312 g/mol. The Labute approximate surface area is 131 Å². The number of benzene rings is 1. The van der Waals surface area contributed by atoms with E-state index in [4.69, 9.17) is 28.9 Å². The standard InChI is InChI=1S/C16H22Cl2N2/c17-13-5-6-14(15(18)7-13)16(8-19)20(9-11-1-2-11)10-12-3-4-12/h5-7,11-12,16H,1-4,8-10,19H2. The molecule has 1 unspecified atom stereocenters. The Morgan fingerprint density at radius 3 is 2.15 bits per heavy atom. The molecule has 0 heterocycles. The molecule has 0 amide bonds. The molecule has 0 bridgehead atoms. The van der Waals surface area contributed by atoms with Gasteiger partial charge in [0.05, 0.1) is 0 Å². The molecule has 1 aromatic carbocycles. The first kappa shape index (κ1) is 14.6. The molecule has 1 aromatic rings. The second-order valence-corrected chi connectivity index (χ2v) is 7.10. The van der Waals surface area contributed by atoms with Gasteiger partial charge in [-0.25, -0.2) is 0 Å². The SMILES string of the molecule is NCC(c1ccc(Cl)cc1Cl)N(CC1CC1)CC1CC1. The first-order valence-corrected chi connectivity index (χ1v) is 8.32. The molecule has 2 aliphatic carbocycles. The zero-order valence-corrected chi connectivity index (χ0v) is 13.2. The van der Waals surface area contributed by atoms with Crippen molar-refractivity contribution < 1.29 is 0 Å². The highest BCUT2D eigenvalue weighted by Gasteiger charge is 2.33. The summed E-state index contributed by atoms with van der Waals surface area (Å²) in [5, 5.41) is 1.43. The molecule has 0 saturated heterocycles. The molecule has 2 fully saturated rings. The highest BCUT2D eigenvalue weighted by Crippen LogP contribution is 2.38. The Morgan fingerprint density at radius 1 is 1.10 bits per heavy atom. The number of nitrogens with zero attached hydrogens (tertiary/aromatic N) is 1. The van der Waals surface area contributed by atoms with Gasteiger partial charge in [-0.15, -0.1) is 0 Å². The van der Waals surface area contributed by atoms with Crippen LogP contribution in [-0.4, -0.2) is 24.5 Å². The van der Waals surface area contributed by atoms with Crippen molar-refractivity contribution in [3.63, 3.8) is 0 Å². The lowest BCUT2D eigenvalue weighted by atomic mass is 10.0. The van der Waals surface area contributed by atoms with Gasteiger partial charge < -0.3 is 5.73 Å². The molecular formula is C16H22Cl2N2. The molecule has 0 radical (unpaired) electrons. The van der Waals surface area contributed by atoms with Gasteiger partial charge in [-0.1, -0.05) is 29.3 Å². The molecule has 3 rings (SSSR count). The Kier molecular flexibility index (Phi) is 4.56. The summed E-state index contributed by atoms with van der Waals surface area (Å²) < 4.78 is 0. The average molecular weight is 313 g/mol. The van der Waals surface area contributed by atoms with Gasteiger partial charge in [0.15, 0.2) is 0 Å². The van der Waals surface area contributed by atoms with Crippen LogP contribution in [0.1, 0.15) is 37.3 Å². The Morgan fingerprint density at radius 2 is 1.70 bits per heavy atom. The molecule has 2 N–H and O–H groups in total. The predicted molar refractivity (Wildman–Crippen MR) is 85.3 cm³/mol. The van der Waals surface area contributed by atoms with Crippen LogP contribution in [0.4, 0.5) is 0 Å². The molecule has 2 aliphatic rings. The van der Waals surface area contributed by atoms with Crippen LogP contribution in [0.3, 0.4) is 0 Å². The predicted octanol–water partition coefficient (Wildman–Crippen LogP) is 4.12. The van der Waals surface area contributed by atoms with Gasteiger partial charge in [-0.05, 0) is 55.2 Å². The second kappa shape index (κ2) is 6.23. The molecule has 1 atom stereocenters. The van der Waals surface area contributed by atoms with Crippen molar-refractivity contribution in [3.05, 3.63) is 33.8 Å². The summed E-state index contributed by atoms with van der Waals surface area (Å²) in [4.78, 5) is 2.56. The largest absolute Gasteiger partial charge is 0.329 e. The summed E-state index contributed by atoms with van der Waals surface area (Å²) in [5.41, 5.74) is 7.20. The Balaban J connectivity index is 1.79. The zero-order valence-electron chi connectivity index (χ0n) is 11.7. The van der Waals surface area contributed by atoms with Crippen LogP contribution in [0.2, 0.25) is 10.0 Å². The van der Waals surface area contributed by atoms with E-state index >= 15 is 0 Å². The normalized spacial score (nSPS) is 20.4. The van der Waals surface area contributed by atoms with Crippen molar-refractivity contribution in [2.75, 3.05) is 19.6 Å². The third-order valence-electron chi connectivity index (χ3n) is 4.36. The molecule has 0 spiro atoms. The number of halogens is 2. The fourth-order valence-electron chi connectivity index (χ4n) is 2.84. The van der Waals surface area contributed by atoms with E-state index in [0.29, 0.717) is 11.6 Å². The van der Waals surface area contributed by atoms with Crippen molar-refractivity contribution >= 4 is 23.2 Å². The van der Waals surface area contributed by atoms with Gasteiger partial charge in [0.1, 0.15) is 0 Å². The maximum Gasteiger partial charge on any atom is 0.0485 e. The minimum absolute atomic E-state index is 0.223. The third-order valence-corrected chi connectivity index (χ3v) is 4.93. The molecule has 0 aromatic heterocycles. The minimum Gasteiger partial charge on any atom is -0.329 e. The lowest BCUT2D eigenvalue weighted by molar-refractivity contribution is 0.185. The van der Waals surface area contributed by atoms with Gasteiger partial charge in [0.2, 0.25) is 0 Å². The van der Waals surface area contributed by atoms with E-state index in [2.05, 4.69) is 4.90 Å². The highest BCUT2D eigenvalue weighted by molar-refractivity contribution is 6.35. The lowest BCUT2D eigenvalue weighted by Crippen LogP contribution is -2.37. The van der Waals surface area contributed by atoms with Gasteiger partial charge in [0.25, 0.3) is 0 Å². The first-order chi connectivity index (χ1) is 9.67. The summed E-state index contributed by atoms with van der Waals surface area (Å²) in [6, 6.07) is 6.00. The summed E-state index contributed by atoms with van der Waals surface area (Å²) in [5.74, 6) is 1.74. The van der Waals surface area contributed by atoms with Crippen molar-refractivity contribution in [1.29, 1.82) is 0 Å². The zero-order chi connectivity index (χ0) is 14.1. The van der Waals surface area contributed by atoms with Crippen LogP contribution in [0.5, 0.6) is 0 Å². The number of hydrogen-bond acceptors (Lipinski definition) is 2. The summed E-state index contributed by atoms with van der Waals surface area (Å²) >= 11 is 12.4. The maximum atomic E-state index is 6.38. The molecule has 2 saturated carbocycles. The average Bonchev–Trinajstić information content (AvgIpc) is 3.28. The van der Waals surface area contributed by atoms with Crippen molar-refractivity contribution in [2.45, 2.75) is 31.7 Å². The molecular weight excluding hydrogens is 291 g/mol. The highest BCUT2D eigenvalue weighted by atomic mass is 35.5. The summed E-state index contributed by atoms with van der Waals surface area (Å²) in [6.45, 7) is 2.94. The van der Waals surface area contributed by atoms with E-state index in [9.17, 15) is 0 Å². The van der Waals surface area contributed by atoms with E-state index in [1.165, 1.54) is 25.7 Å². The minimum atomic E-state index is 0.223. The van der Waals surface area contributed by atoms with Crippen LogP contribution in [0, 0.1) is 11.8 Å². The van der Waals surface area contributed by atoms with E-state index in [1.807, 2.05) is 18.2 Å². The fourth-order valence-corrected chi connectivity index (χ4v) is 3.37. The van der Waals surface area contributed by atoms with Crippen molar-refractivity contribution in [1.82, 2.24) is 4.90 Å². The first-order valence-electron chi connectivity index (χ1n) is 7.56. The molecule has 20 heavy (non-hydrogen) atoms. The van der Waals surface area contributed by atoms with Crippen LogP contribution in [-0.2, 0) is 0 Å². The van der Waals surface area contributed by atoms with E-state index < -0.39 is 0 Å². The lowest BCUT2D eigenvalue weighted by Gasteiger charge is -2.32. The number of nitrogens with two attached hydrogens (primary N) is 1. The van der Waals surface area contributed by atoms with Gasteiger partial charge in [-0.2, -0.15) is 0 Å². The number of rotatable bonds is 7. The second-order valence-electron chi connectivity index (χ2n) is 6.26. The van der Waals surface area contributed by atoms with Gasteiger partial charge in [0, 0.05) is 35.7 Å². The third kappa shape index (κ3) is 3.67. The summed E-state index contributed by atoms with van der Waals surface area (Å²) in [6.07, 6.45) is 5.47. The number of hydrogen-bond donors (Lipinski definition) is 1. The van der Waals surface area contributed by atoms with Gasteiger partial charge >= 0.3 is 0 Å². The topological polar surface area (TPSA) is 29.3 Å². The van der Waals surface area contributed by atoms with Crippen LogP contribution in [0.25, 0.3) is 0 Å². The van der Waals surface area contributed by atoms with Crippen molar-refractivity contribution in [3.8, 4) is 0 Å².